The van der Waals surface area contributed by atoms with Gasteiger partial charge in [-0.1, -0.05) is 29.8 Å². The molecule has 8 nitrogen and oxygen atoms in total. The van der Waals surface area contributed by atoms with E-state index in [0.717, 1.165) is 33.6 Å². The lowest BCUT2D eigenvalue weighted by molar-refractivity contribution is -0.137. The third-order valence-corrected chi connectivity index (χ3v) is 6.29. The van der Waals surface area contributed by atoms with Crippen molar-refractivity contribution in [3.05, 3.63) is 92.7 Å². The second-order valence-electron chi connectivity index (χ2n) is 7.76. The van der Waals surface area contributed by atoms with Crippen LogP contribution in [0, 0.1) is 13.8 Å². The number of carbonyl (C=O) groups excluding carboxylic acids is 3. The van der Waals surface area contributed by atoms with Gasteiger partial charge in [0, 0.05) is 22.1 Å². The van der Waals surface area contributed by atoms with E-state index in [-0.39, 0.29) is 17.1 Å². The number of carbonyl (C=O) groups is 3. The molecule has 2 heterocycles. The number of hydrogen-bond donors (Lipinski definition) is 1. The summed E-state index contributed by atoms with van der Waals surface area (Å²) in [6.45, 7) is 3.73. The fraction of sp³-hybridized carbons (Fsp3) is 0.160. The summed E-state index contributed by atoms with van der Waals surface area (Å²) in [6, 6.07) is 15.2. The zero-order valence-electron chi connectivity index (χ0n) is 19.2. The predicted molar refractivity (Wildman–Crippen MR) is 133 cm³/mol. The van der Waals surface area contributed by atoms with Crippen LogP contribution in [-0.4, -0.2) is 39.8 Å². The van der Waals surface area contributed by atoms with E-state index in [9.17, 15) is 14.4 Å². The Morgan fingerprint density at radius 1 is 1.03 bits per heavy atom. The second-order valence-corrected chi connectivity index (χ2v) is 9.17. The Kier molecular flexibility index (Phi) is 7.18. The second kappa shape index (κ2) is 10.3. The zero-order chi connectivity index (χ0) is 25.1. The summed E-state index contributed by atoms with van der Waals surface area (Å²) in [6.07, 6.45) is 0. The van der Waals surface area contributed by atoms with Crippen LogP contribution < -0.4 is 5.32 Å². The van der Waals surface area contributed by atoms with Crippen molar-refractivity contribution in [2.75, 3.05) is 12.4 Å². The lowest BCUT2D eigenvalue weighted by atomic mass is 10.2. The van der Waals surface area contributed by atoms with E-state index in [2.05, 4.69) is 15.3 Å². The number of aromatic nitrogens is 2. The smallest absolute Gasteiger partial charge is 0.337 e. The summed E-state index contributed by atoms with van der Waals surface area (Å²) < 4.78 is 4.78. The molecule has 3 aromatic rings. The van der Waals surface area contributed by atoms with Gasteiger partial charge in [-0.05, 0) is 67.6 Å². The number of hydrogen-bond acceptors (Lipinski definition) is 8. The fourth-order valence-electron chi connectivity index (χ4n) is 3.49. The van der Waals surface area contributed by atoms with Crippen molar-refractivity contribution in [1.29, 1.82) is 0 Å². The number of nitrogens with zero attached hydrogens (tertiary/aromatic N) is 3. The molecule has 1 aliphatic heterocycles. The molecule has 0 unspecified atom stereocenters. The van der Waals surface area contributed by atoms with Gasteiger partial charge in [0.1, 0.15) is 10.6 Å². The molecule has 0 atom stereocenters. The molecule has 0 fully saturated rings. The van der Waals surface area contributed by atoms with Crippen LogP contribution >= 0.6 is 23.4 Å². The standard InChI is InChI=1S/C25H21ClN4O4S/c1-14-11-15(2)28-25(27-14)35-21-20(29-19-6-4-5-17(12-19)24(33)34-3)22(31)30(23(21)32)13-16-7-9-18(26)10-8-16/h4-12,29H,13H2,1-3H3. The third-order valence-electron chi connectivity index (χ3n) is 5.09. The van der Waals surface area contributed by atoms with Gasteiger partial charge in [0.15, 0.2) is 5.16 Å². The van der Waals surface area contributed by atoms with Crippen molar-refractivity contribution in [1.82, 2.24) is 14.9 Å². The van der Waals surface area contributed by atoms with Gasteiger partial charge < -0.3 is 10.1 Å². The molecule has 10 heteroatoms. The molecule has 2 aromatic carbocycles. The van der Waals surface area contributed by atoms with Crippen molar-refractivity contribution >= 4 is 46.8 Å². The van der Waals surface area contributed by atoms with Crippen LogP contribution in [0.15, 0.2) is 70.4 Å². The van der Waals surface area contributed by atoms with E-state index in [1.54, 1.807) is 48.5 Å². The number of aryl methyl sites for hydroxylation is 2. The molecule has 35 heavy (non-hydrogen) atoms. The van der Waals surface area contributed by atoms with Gasteiger partial charge in [-0.3, -0.25) is 14.5 Å². The third kappa shape index (κ3) is 5.52. The minimum absolute atomic E-state index is 0.0694. The van der Waals surface area contributed by atoms with Gasteiger partial charge in [-0.15, -0.1) is 0 Å². The van der Waals surface area contributed by atoms with Gasteiger partial charge in [0.2, 0.25) is 0 Å². The van der Waals surface area contributed by atoms with Crippen LogP contribution in [0.1, 0.15) is 27.3 Å². The number of imide groups is 1. The predicted octanol–water partition coefficient (Wildman–Crippen LogP) is 4.52. The number of esters is 1. The van der Waals surface area contributed by atoms with E-state index in [1.165, 1.54) is 7.11 Å². The van der Waals surface area contributed by atoms with Crippen molar-refractivity contribution in [3.8, 4) is 0 Å². The van der Waals surface area contributed by atoms with Crippen molar-refractivity contribution < 1.29 is 19.1 Å². The Bertz CT molecular complexity index is 1340. The molecule has 0 aliphatic carbocycles. The Morgan fingerprint density at radius 3 is 2.37 bits per heavy atom. The van der Waals surface area contributed by atoms with Crippen molar-refractivity contribution in [3.63, 3.8) is 0 Å². The highest BCUT2D eigenvalue weighted by atomic mass is 35.5. The van der Waals surface area contributed by atoms with Crippen LogP contribution in [0.5, 0.6) is 0 Å². The molecule has 0 spiro atoms. The lowest BCUT2D eigenvalue weighted by Gasteiger charge is -2.15. The summed E-state index contributed by atoms with van der Waals surface area (Å²) in [5, 5.41) is 3.94. The molecule has 1 aliphatic rings. The molecule has 0 radical (unpaired) electrons. The number of amides is 2. The summed E-state index contributed by atoms with van der Waals surface area (Å²) in [5.41, 5.74) is 3.08. The molecular weight excluding hydrogens is 488 g/mol. The van der Waals surface area contributed by atoms with Crippen LogP contribution in [-0.2, 0) is 20.9 Å². The number of methoxy groups -OCH3 is 1. The summed E-state index contributed by atoms with van der Waals surface area (Å²) in [7, 11) is 1.29. The monoisotopic (exact) mass is 508 g/mol. The van der Waals surface area contributed by atoms with Gasteiger partial charge in [0.25, 0.3) is 11.8 Å². The largest absolute Gasteiger partial charge is 0.465 e. The van der Waals surface area contributed by atoms with E-state index in [0.29, 0.717) is 21.4 Å². The quantitative estimate of drug-likeness (QED) is 0.282. The Hall–Kier alpha value is -3.69. The van der Waals surface area contributed by atoms with Crippen molar-refractivity contribution in [2.24, 2.45) is 0 Å². The molecule has 178 valence electrons. The summed E-state index contributed by atoms with van der Waals surface area (Å²) >= 11 is 6.99. The first-order valence-electron chi connectivity index (χ1n) is 10.6. The highest BCUT2D eigenvalue weighted by molar-refractivity contribution is 8.04. The number of ether oxygens (including phenoxy) is 1. The van der Waals surface area contributed by atoms with Gasteiger partial charge in [-0.25, -0.2) is 14.8 Å². The van der Waals surface area contributed by atoms with Gasteiger partial charge in [-0.2, -0.15) is 0 Å². The summed E-state index contributed by atoms with van der Waals surface area (Å²) in [4.78, 5) is 48.9. The number of anilines is 1. The maximum atomic E-state index is 13.4. The molecule has 0 saturated carbocycles. The van der Waals surface area contributed by atoms with Crippen molar-refractivity contribution in [2.45, 2.75) is 25.5 Å². The molecule has 1 N–H and O–H groups in total. The van der Waals surface area contributed by atoms with E-state index in [4.69, 9.17) is 16.3 Å². The highest BCUT2D eigenvalue weighted by Gasteiger charge is 2.39. The zero-order valence-corrected chi connectivity index (χ0v) is 20.7. The molecule has 1 aromatic heterocycles. The number of nitrogens with one attached hydrogen (secondary N) is 1. The number of thioether (sulfide) groups is 1. The Morgan fingerprint density at radius 2 is 1.71 bits per heavy atom. The first kappa shape index (κ1) is 24.4. The van der Waals surface area contributed by atoms with E-state index in [1.807, 2.05) is 19.9 Å². The Balaban J connectivity index is 1.70. The first-order valence-corrected chi connectivity index (χ1v) is 11.7. The molecule has 2 amide bonds. The van der Waals surface area contributed by atoms with Gasteiger partial charge >= 0.3 is 5.97 Å². The maximum absolute atomic E-state index is 13.4. The minimum atomic E-state index is -0.515. The SMILES string of the molecule is COC(=O)c1cccc(NC2=C(Sc3nc(C)cc(C)n3)C(=O)N(Cc3ccc(Cl)cc3)C2=O)c1. The number of halogens is 1. The van der Waals surface area contributed by atoms with Gasteiger partial charge in [0.05, 0.1) is 19.2 Å². The van der Waals surface area contributed by atoms with E-state index < -0.39 is 17.8 Å². The fourth-order valence-corrected chi connectivity index (χ4v) is 4.62. The average Bonchev–Trinajstić information content (AvgIpc) is 3.03. The lowest BCUT2D eigenvalue weighted by Crippen LogP contribution is -2.31. The van der Waals surface area contributed by atoms with Crippen LogP contribution in [0.2, 0.25) is 5.02 Å². The molecule has 0 bridgehead atoms. The average molecular weight is 509 g/mol. The highest BCUT2D eigenvalue weighted by Crippen LogP contribution is 2.35. The summed E-state index contributed by atoms with van der Waals surface area (Å²) in [5.74, 6) is -1.48. The first-order chi connectivity index (χ1) is 16.7. The van der Waals surface area contributed by atoms with Crippen LogP contribution in [0.25, 0.3) is 0 Å². The topological polar surface area (TPSA) is 101 Å². The van der Waals surface area contributed by atoms with E-state index >= 15 is 0 Å². The Labute approximate surface area is 211 Å². The minimum Gasteiger partial charge on any atom is -0.465 e. The molecule has 4 rings (SSSR count). The van der Waals surface area contributed by atoms with Crippen LogP contribution in [0.3, 0.4) is 0 Å². The number of rotatable bonds is 7. The maximum Gasteiger partial charge on any atom is 0.337 e. The molecule has 0 saturated heterocycles. The number of benzene rings is 2. The molecular formula is C25H21ClN4O4S. The van der Waals surface area contributed by atoms with Crippen LogP contribution in [0.4, 0.5) is 5.69 Å². The normalized spacial score (nSPS) is 13.4.